The Morgan fingerprint density at radius 3 is 2.45 bits per heavy atom. The summed E-state index contributed by atoms with van der Waals surface area (Å²) in [5.41, 5.74) is 0.951. The highest BCUT2D eigenvalue weighted by molar-refractivity contribution is 5.95. The van der Waals surface area contributed by atoms with E-state index in [9.17, 15) is 18.0 Å². The molecular formula is C18H21F3N6O2. The number of aromatic nitrogens is 3. The molecule has 156 valence electrons. The summed E-state index contributed by atoms with van der Waals surface area (Å²) in [6.07, 6.45) is -0.976. The molecule has 0 atom stereocenters. The summed E-state index contributed by atoms with van der Waals surface area (Å²) in [6, 6.07) is 6.20. The molecule has 8 nitrogen and oxygen atoms in total. The molecule has 2 aromatic rings. The van der Waals surface area contributed by atoms with Gasteiger partial charge in [0.05, 0.1) is 0 Å². The van der Waals surface area contributed by atoms with Crippen molar-refractivity contribution < 1.29 is 22.7 Å². The lowest BCUT2D eigenvalue weighted by Gasteiger charge is -2.13. The molecule has 4 bridgehead atoms. The van der Waals surface area contributed by atoms with Gasteiger partial charge in [0.25, 0.3) is 5.91 Å². The van der Waals surface area contributed by atoms with E-state index in [0.717, 1.165) is 25.7 Å². The van der Waals surface area contributed by atoms with Gasteiger partial charge < -0.3 is 20.7 Å². The minimum atomic E-state index is -4.51. The molecular weight excluding hydrogens is 389 g/mol. The first-order valence-corrected chi connectivity index (χ1v) is 9.24. The van der Waals surface area contributed by atoms with Crippen LogP contribution in [-0.2, 0) is 0 Å². The van der Waals surface area contributed by atoms with Crippen molar-refractivity contribution in [3.8, 4) is 6.01 Å². The lowest BCUT2D eigenvalue weighted by molar-refractivity contribution is -0.154. The van der Waals surface area contributed by atoms with Crippen molar-refractivity contribution in [2.45, 2.75) is 31.9 Å². The maximum atomic E-state index is 12.5. The number of carbonyl (C=O) groups excluding carboxylic acids is 1. The van der Waals surface area contributed by atoms with E-state index in [2.05, 4.69) is 35.6 Å². The van der Waals surface area contributed by atoms with Crippen LogP contribution in [0.15, 0.2) is 24.3 Å². The SMILES string of the molecule is O=C1NCCCCCCNc2nc(nc(OCC(F)(F)F)n2)Nc2cccc1c2. The zero-order chi connectivity index (χ0) is 20.7. The van der Waals surface area contributed by atoms with E-state index in [1.165, 1.54) is 0 Å². The molecule has 1 aromatic heterocycles. The van der Waals surface area contributed by atoms with Crippen molar-refractivity contribution in [3.05, 3.63) is 29.8 Å². The smallest absolute Gasteiger partial charge is 0.422 e. The van der Waals surface area contributed by atoms with Gasteiger partial charge in [0.2, 0.25) is 11.9 Å². The second-order valence-corrected chi connectivity index (χ2v) is 6.47. The van der Waals surface area contributed by atoms with E-state index in [4.69, 9.17) is 0 Å². The maximum absolute atomic E-state index is 12.5. The van der Waals surface area contributed by atoms with Crippen LogP contribution < -0.4 is 20.7 Å². The average molecular weight is 410 g/mol. The van der Waals surface area contributed by atoms with E-state index >= 15 is 0 Å². The number of ether oxygens (including phenoxy) is 1. The minimum absolute atomic E-state index is 0.00401. The summed E-state index contributed by atoms with van der Waals surface area (Å²) >= 11 is 0. The van der Waals surface area contributed by atoms with Gasteiger partial charge in [-0.2, -0.15) is 28.1 Å². The van der Waals surface area contributed by atoms with Crippen molar-refractivity contribution in [1.82, 2.24) is 20.3 Å². The van der Waals surface area contributed by atoms with Crippen LogP contribution in [0.2, 0.25) is 0 Å². The number of rotatable bonds is 2. The fourth-order valence-electron chi connectivity index (χ4n) is 2.68. The largest absolute Gasteiger partial charge is 0.454 e. The second-order valence-electron chi connectivity index (χ2n) is 6.47. The van der Waals surface area contributed by atoms with Crippen molar-refractivity contribution in [2.75, 3.05) is 30.3 Å². The third-order valence-electron chi connectivity index (χ3n) is 4.03. The van der Waals surface area contributed by atoms with Crippen molar-refractivity contribution in [2.24, 2.45) is 0 Å². The number of amides is 1. The second kappa shape index (κ2) is 9.39. The molecule has 2 heterocycles. The molecule has 0 saturated heterocycles. The zero-order valence-electron chi connectivity index (χ0n) is 15.6. The lowest BCUT2D eigenvalue weighted by Crippen LogP contribution is -2.24. The fourth-order valence-corrected chi connectivity index (χ4v) is 2.68. The summed E-state index contributed by atoms with van der Waals surface area (Å²) in [5, 5.41) is 8.73. The first-order chi connectivity index (χ1) is 13.9. The predicted molar refractivity (Wildman–Crippen MR) is 100 cm³/mol. The average Bonchev–Trinajstić information content (AvgIpc) is 2.67. The highest BCUT2D eigenvalue weighted by Gasteiger charge is 2.29. The van der Waals surface area contributed by atoms with Crippen LogP contribution in [0, 0.1) is 0 Å². The first kappa shape index (κ1) is 20.6. The molecule has 11 heteroatoms. The van der Waals surface area contributed by atoms with Crippen molar-refractivity contribution in [3.63, 3.8) is 0 Å². The van der Waals surface area contributed by atoms with E-state index in [1.54, 1.807) is 24.3 Å². The van der Waals surface area contributed by atoms with Gasteiger partial charge in [-0.25, -0.2) is 0 Å². The molecule has 1 aliphatic rings. The third kappa shape index (κ3) is 6.77. The highest BCUT2D eigenvalue weighted by Crippen LogP contribution is 2.20. The Balaban J connectivity index is 1.86. The van der Waals surface area contributed by atoms with E-state index in [0.29, 0.717) is 24.3 Å². The summed E-state index contributed by atoms with van der Waals surface area (Å²) in [7, 11) is 0. The Kier molecular flexibility index (Phi) is 6.68. The van der Waals surface area contributed by atoms with E-state index in [-0.39, 0.29) is 17.8 Å². The number of nitrogens with one attached hydrogen (secondary N) is 3. The van der Waals surface area contributed by atoms with Crippen LogP contribution in [0.4, 0.5) is 30.8 Å². The van der Waals surface area contributed by atoms with Crippen LogP contribution in [0.1, 0.15) is 36.0 Å². The van der Waals surface area contributed by atoms with Gasteiger partial charge in [-0.05, 0) is 31.0 Å². The Labute approximate surface area is 165 Å². The van der Waals surface area contributed by atoms with Gasteiger partial charge in [0.15, 0.2) is 6.61 Å². The number of nitrogens with zero attached hydrogens (tertiary/aromatic N) is 3. The van der Waals surface area contributed by atoms with Gasteiger partial charge in [0, 0.05) is 24.3 Å². The molecule has 3 rings (SSSR count). The summed E-state index contributed by atoms with van der Waals surface area (Å²) in [6.45, 7) is -0.372. The number of benzene rings is 1. The number of halogens is 3. The lowest BCUT2D eigenvalue weighted by atomic mass is 10.1. The number of anilines is 3. The van der Waals surface area contributed by atoms with Crippen LogP contribution >= 0.6 is 0 Å². The Morgan fingerprint density at radius 1 is 0.966 bits per heavy atom. The summed E-state index contributed by atoms with van der Waals surface area (Å²) in [4.78, 5) is 24.2. The third-order valence-corrected chi connectivity index (χ3v) is 4.03. The molecule has 0 saturated carbocycles. The summed E-state index contributed by atoms with van der Waals surface area (Å²) in [5.74, 6) is -0.0852. The van der Waals surface area contributed by atoms with Crippen LogP contribution in [0.3, 0.4) is 0 Å². The quantitative estimate of drug-likeness (QED) is 0.699. The molecule has 1 aromatic carbocycles. The van der Waals surface area contributed by atoms with Gasteiger partial charge in [-0.1, -0.05) is 18.9 Å². The molecule has 3 N–H and O–H groups in total. The Bertz CT molecular complexity index is 847. The van der Waals surface area contributed by atoms with E-state index in [1.807, 2.05) is 0 Å². The van der Waals surface area contributed by atoms with Crippen LogP contribution in [-0.4, -0.2) is 46.7 Å². The molecule has 0 radical (unpaired) electrons. The van der Waals surface area contributed by atoms with Gasteiger partial charge in [-0.15, -0.1) is 0 Å². The molecule has 29 heavy (non-hydrogen) atoms. The van der Waals surface area contributed by atoms with Gasteiger partial charge >= 0.3 is 12.2 Å². The van der Waals surface area contributed by atoms with E-state index < -0.39 is 18.8 Å². The Hall–Kier alpha value is -3.11. The number of fused-ring (bicyclic) bond motifs is 4. The maximum Gasteiger partial charge on any atom is 0.422 e. The van der Waals surface area contributed by atoms with Crippen LogP contribution in [0.25, 0.3) is 0 Å². The number of hydrogen-bond acceptors (Lipinski definition) is 7. The minimum Gasteiger partial charge on any atom is -0.454 e. The molecule has 0 spiro atoms. The predicted octanol–water partition coefficient (Wildman–Crippen LogP) is 3.27. The monoisotopic (exact) mass is 410 g/mol. The molecule has 0 unspecified atom stereocenters. The summed E-state index contributed by atoms with van der Waals surface area (Å²) < 4.78 is 42.1. The molecule has 1 amide bonds. The zero-order valence-corrected chi connectivity index (χ0v) is 15.6. The normalized spacial score (nSPS) is 15.6. The fraction of sp³-hybridized carbons (Fsp3) is 0.444. The van der Waals surface area contributed by atoms with Crippen molar-refractivity contribution in [1.29, 1.82) is 0 Å². The van der Waals surface area contributed by atoms with Crippen LogP contribution in [0.5, 0.6) is 6.01 Å². The number of hydrogen-bond donors (Lipinski definition) is 3. The van der Waals surface area contributed by atoms with Gasteiger partial charge in [0.1, 0.15) is 0 Å². The number of alkyl halides is 3. The molecule has 0 aliphatic carbocycles. The molecule has 1 aliphatic heterocycles. The molecule has 0 fully saturated rings. The topological polar surface area (TPSA) is 101 Å². The first-order valence-electron chi connectivity index (χ1n) is 9.24. The Morgan fingerprint density at radius 2 is 1.69 bits per heavy atom. The standard InChI is InChI=1S/C18H21F3N6O2/c19-18(20,21)11-29-17-26-15-23-9-4-2-1-3-8-22-14(28)12-6-5-7-13(10-12)24-16(25-15)27-17/h5-7,10H,1-4,8-9,11H2,(H,22,28)(H2,23,24,25,26,27). The van der Waals surface area contributed by atoms with Crippen molar-refractivity contribution >= 4 is 23.5 Å². The van der Waals surface area contributed by atoms with Gasteiger partial charge in [-0.3, -0.25) is 4.79 Å². The highest BCUT2D eigenvalue weighted by atomic mass is 19.4. The number of carbonyl (C=O) groups is 1.